The van der Waals surface area contributed by atoms with Gasteiger partial charge in [-0.1, -0.05) is 0 Å². The molecule has 0 radical (unpaired) electrons. The predicted octanol–water partition coefficient (Wildman–Crippen LogP) is -0.582. The zero-order chi connectivity index (χ0) is 15.4. The molecule has 9 heteroatoms. The average molecular weight is 301 g/mol. The molecule has 5 N–H and O–H groups in total. The third-order valence-electron chi connectivity index (χ3n) is 2.74. The summed E-state index contributed by atoms with van der Waals surface area (Å²) in [4.78, 5) is 15.4. The van der Waals surface area contributed by atoms with Gasteiger partial charge in [0.25, 0.3) is 0 Å². The Kier molecular flexibility index (Phi) is 5.03. The number of nitrogen functional groups attached to an aromatic ring is 1. The summed E-state index contributed by atoms with van der Waals surface area (Å²) in [5, 5.41) is 2.49. The van der Waals surface area contributed by atoms with Crippen LogP contribution in [0.1, 0.15) is 13.8 Å². The molecule has 0 aliphatic heterocycles. The van der Waals surface area contributed by atoms with Gasteiger partial charge in [-0.05, 0) is 26.0 Å². The van der Waals surface area contributed by atoms with E-state index in [1.807, 2.05) is 0 Å². The lowest BCUT2D eigenvalue weighted by Crippen LogP contribution is -2.43. The molecule has 0 saturated heterocycles. The summed E-state index contributed by atoms with van der Waals surface area (Å²) in [5.74, 6) is 5.01. The van der Waals surface area contributed by atoms with Crippen LogP contribution in [0, 0.1) is 5.41 Å². The van der Waals surface area contributed by atoms with Crippen molar-refractivity contribution in [3.63, 3.8) is 0 Å². The van der Waals surface area contributed by atoms with Gasteiger partial charge in [0, 0.05) is 19.8 Å². The van der Waals surface area contributed by atoms with Crippen LogP contribution in [0.5, 0.6) is 0 Å². The second kappa shape index (κ2) is 6.16. The molecule has 20 heavy (non-hydrogen) atoms. The lowest BCUT2D eigenvalue weighted by atomic mass is 9.93. The highest BCUT2D eigenvalue weighted by Crippen LogP contribution is 2.19. The molecule has 1 amide bonds. The first kappa shape index (κ1) is 16.3. The average Bonchev–Trinajstić information content (AvgIpc) is 2.44. The molecule has 0 aliphatic rings. The lowest BCUT2D eigenvalue weighted by molar-refractivity contribution is -0.128. The van der Waals surface area contributed by atoms with Crippen LogP contribution in [0.15, 0.2) is 23.2 Å². The van der Waals surface area contributed by atoms with E-state index in [4.69, 9.17) is 5.84 Å². The van der Waals surface area contributed by atoms with Crippen molar-refractivity contribution in [1.82, 2.24) is 15.0 Å². The first-order valence-electron chi connectivity index (χ1n) is 5.88. The highest BCUT2D eigenvalue weighted by Gasteiger charge is 2.29. The summed E-state index contributed by atoms with van der Waals surface area (Å²) >= 11 is 0. The van der Waals surface area contributed by atoms with Crippen molar-refractivity contribution in [3.8, 4) is 0 Å². The van der Waals surface area contributed by atoms with Crippen molar-refractivity contribution in [1.29, 1.82) is 0 Å². The monoisotopic (exact) mass is 301 g/mol. The zero-order valence-corrected chi connectivity index (χ0v) is 12.4. The lowest BCUT2D eigenvalue weighted by Gasteiger charge is -2.23. The second-order valence-corrected chi connectivity index (χ2v) is 6.52. The third kappa shape index (κ3) is 3.65. The zero-order valence-electron chi connectivity index (χ0n) is 11.6. The molecule has 0 spiro atoms. The van der Waals surface area contributed by atoms with Crippen LogP contribution >= 0.6 is 0 Å². The molecule has 112 valence electrons. The van der Waals surface area contributed by atoms with Crippen molar-refractivity contribution < 1.29 is 13.2 Å². The number of hydrogen-bond acceptors (Lipinski definition) is 6. The van der Waals surface area contributed by atoms with Gasteiger partial charge in [0.1, 0.15) is 4.90 Å². The first-order chi connectivity index (χ1) is 9.24. The Balaban J connectivity index is 2.94. The van der Waals surface area contributed by atoms with E-state index in [-0.39, 0.29) is 23.2 Å². The molecule has 0 bridgehead atoms. The minimum atomic E-state index is -3.81. The Morgan fingerprint density at radius 2 is 2.10 bits per heavy atom. The predicted molar refractivity (Wildman–Crippen MR) is 75.1 cm³/mol. The maximum absolute atomic E-state index is 12.2. The van der Waals surface area contributed by atoms with Gasteiger partial charge in [-0.15, -0.1) is 0 Å². The largest absolute Gasteiger partial charge is 0.359 e. The van der Waals surface area contributed by atoms with E-state index in [2.05, 4.69) is 20.4 Å². The van der Waals surface area contributed by atoms with Crippen LogP contribution in [-0.4, -0.2) is 32.9 Å². The topological polar surface area (TPSA) is 126 Å². The first-order valence-corrected chi connectivity index (χ1v) is 7.36. The van der Waals surface area contributed by atoms with Gasteiger partial charge < -0.3 is 10.7 Å². The van der Waals surface area contributed by atoms with E-state index in [1.54, 1.807) is 13.8 Å². The molecule has 0 unspecified atom stereocenters. The van der Waals surface area contributed by atoms with E-state index in [9.17, 15) is 13.2 Å². The Morgan fingerprint density at radius 1 is 1.45 bits per heavy atom. The minimum Gasteiger partial charge on any atom is -0.359 e. The number of anilines is 1. The number of nitrogens with zero attached hydrogens (tertiary/aromatic N) is 1. The van der Waals surface area contributed by atoms with Crippen LogP contribution in [0.25, 0.3) is 0 Å². The van der Waals surface area contributed by atoms with Gasteiger partial charge in [-0.25, -0.2) is 24.0 Å². The van der Waals surface area contributed by atoms with Gasteiger partial charge >= 0.3 is 0 Å². The van der Waals surface area contributed by atoms with E-state index in [1.165, 1.54) is 25.4 Å². The van der Waals surface area contributed by atoms with Crippen LogP contribution in [-0.2, 0) is 14.8 Å². The van der Waals surface area contributed by atoms with Crippen LogP contribution in [0.3, 0.4) is 0 Å². The van der Waals surface area contributed by atoms with Gasteiger partial charge in [-0.3, -0.25) is 4.79 Å². The summed E-state index contributed by atoms with van der Waals surface area (Å²) in [6, 6.07) is 2.86. The van der Waals surface area contributed by atoms with Gasteiger partial charge in [-0.2, -0.15) is 0 Å². The fraction of sp³-hybridized carbons (Fsp3) is 0.455. The minimum absolute atomic E-state index is 0.0396. The number of nitrogens with two attached hydrogens (primary N) is 1. The van der Waals surface area contributed by atoms with Crippen LogP contribution in [0.2, 0.25) is 0 Å². The number of hydrogen-bond donors (Lipinski definition) is 4. The molecule has 1 rings (SSSR count). The molecule has 0 fully saturated rings. The number of nitrogens with one attached hydrogen (secondary N) is 3. The summed E-state index contributed by atoms with van der Waals surface area (Å²) < 4.78 is 26.8. The van der Waals surface area contributed by atoms with E-state index in [0.29, 0.717) is 0 Å². The molecule has 1 aromatic heterocycles. The highest BCUT2D eigenvalue weighted by atomic mass is 32.2. The summed E-state index contributed by atoms with van der Waals surface area (Å²) in [6.07, 6.45) is 1.42. The number of amides is 1. The summed E-state index contributed by atoms with van der Waals surface area (Å²) in [5.41, 5.74) is 1.35. The number of rotatable bonds is 6. The van der Waals surface area contributed by atoms with Crippen LogP contribution in [0.4, 0.5) is 5.82 Å². The number of sulfonamides is 1. The highest BCUT2D eigenvalue weighted by molar-refractivity contribution is 7.89. The number of pyridine rings is 1. The number of hydrazine groups is 1. The molecule has 0 aliphatic carbocycles. The third-order valence-corrected chi connectivity index (χ3v) is 4.18. The fourth-order valence-corrected chi connectivity index (χ4v) is 2.82. The molecule has 0 saturated carbocycles. The van der Waals surface area contributed by atoms with E-state index < -0.39 is 15.4 Å². The van der Waals surface area contributed by atoms with Crippen molar-refractivity contribution in [2.75, 3.05) is 19.0 Å². The molecular formula is C11H19N5O3S. The quantitative estimate of drug-likeness (QED) is 0.411. The number of aromatic nitrogens is 1. The number of carbonyl (C=O) groups excluding carboxylic acids is 1. The maximum atomic E-state index is 12.2. The molecule has 1 heterocycles. The van der Waals surface area contributed by atoms with E-state index in [0.717, 1.165) is 0 Å². The Morgan fingerprint density at radius 3 is 2.65 bits per heavy atom. The Labute approximate surface area is 118 Å². The second-order valence-electron chi connectivity index (χ2n) is 4.78. The van der Waals surface area contributed by atoms with Gasteiger partial charge in [0.05, 0.1) is 5.41 Å². The SMILES string of the molecule is CNC(=O)C(C)(C)CNS(=O)(=O)c1cccnc1NN. The molecule has 8 nitrogen and oxygen atoms in total. The number of carbonyl (C=O) groups is 1. The van der Waals surface area contributed by atoms with Crippen molar-refractivity contribution in [2.45, 2.75) is 18.7 Å². The maximum Gasteiger partial charge on any atom is 0.244 e. The van der Waals surface area contributed by atoms with Gasteiger partial charge in [0.2, 0.25) is 15.9 Å². The van der Waals surface area contributed by atoms with E-state index >= 15 is 0 Å². The molecule has 0 atom stereocenters. The van der Waals surface area contributed by atoms with Crippen molar-refractivity contribution >= 4 is 21.7 Å². The summed E-state index contributed by atoms with van der Waals surface area (Å²) in [6.45, 7) is 3.23. The molecule has 1 aromatic rings. The molecular weight excluding hydrogens is 282 g/mol. The normalized spacial score (nSPS) is 12.0. The Bertz CT molecular complexity index is 585. The van der Waals surface area contributed by atoms with Crippen LogP contribution < -0.4 is 21.3 Å². The standard InChI is InChI=1S/C11H19N5O3S/c1-11(2,10(17)13-3)7-15-20(18,19)8-5-4-6-14-9(8)16-12/h4-6,15H,7,12H2,1-3H3,(H,13,17)(H,14,16). The molecule has 0 aromatic carbocycles. The smallest absolute Gasteiger partial charge is 0.244 e. The summed E-state index contributed by atoms with van der Waals surface area (Å²) in [7, 11) is -2.32. The van der Waals surface area contributed by atoms with Crippen molar-refractivity contribution in [3.05, 3.63) is 18.3 Å². The Hall–Kier alpha value is -1.71. The van der Waals surface area contributed by atoms with Gasteiger partial charge in [0.15, 0.2) is 5.82 Å². The van der Waals surface area contributed by atoms with Crippen molar-refractivity contribution in [2.24, 2.45) is 11.3 Å². The fourth-order valence-electron chi connectivity index (χ4n) is 1.49.